The van der Waals surface area contributed by atoms with Crippen LogP contribution in [0.3, 0.4) is 0 Å². The van der Waals surface area contributed by atoms with E-state index in [4.69, 9.17) is 4.74 Å². The van der Waals surface area contributed by atoms with Crippen molar-refractivity contribution in [1.29, 1.82) is 0 Å². The van der Waals surface area contributed by atoms with Crippen LogP contribution in [0.5, 0.6) is 5.75 Å². The monoisotopic (exact) mass is 435 g/mol. The summed E-state index contributed by atoms with van der Waals surface area (Å²) in [5, 5.41) is 3.50. The molecule has 1 aliphatic heterocycles. The molecule has 0 saturated carbocycles. The maximum atomic E-state index is 13.3. The normalized spacial score (nSPS) is 18.1. The largest absolute Gasteiger partial charge is 0.497 e. The van der Waals surface area contributed by atoms with Gasteiger partial charge in [-0.2, -0.15) is 0 Å². The van der Waals surface area contributed by atoms with Gasteiger partial charge >= 0.3 is 0 Å². The lowest BCUT2D eigenvalue weighted by atomic mass is 9.97. The minimum atomic E-state index is -0.910. The van der Waals surface area contributed by atoms with Gasteiger partial charge < -0.3 is 9.64 Å². The Labute approximate surface area is 185 Å². The summed E-state index contributed by atoms with van der Waals surface area (Å²) in [6.07, 6.45) is 1.41. The van der Waals surface area contributed by atoms with E-state index in [-0.39, 0.29) is 11.8 Å². The first-order valence-corrected chi connectivity index (χ1v) is 11.0. The molecule has 160 valence electrons. The number of hydrogen-bond donors (Lipinski definition) is 1. The zero-order chi connectivity index (χ0) is 22.0. The minimum Gasteiger partial charge on any atom is -0.497 e. The van der Waals surface area contributed by atoms with Gasteiger partial charge in [0.2, 0.25) is 0 Å². The Morgan fingerprint density at radius 1 is 1.13 bits per heavy atom. The number of likely N-dealkylation sites (tertiary alicyclic amines) is 1. The fraction of sp³-hybridized carbons (Fsp3) is 0.292. The maximum Gasteiger partial charge on any atom is 0.254 e. The van der Waals surface area contributed by atoms with Crippen molar-refractivity contribution in [3.63, 3.8) is 0 Å². The number of amides is 2. The van der Waals surface area contributed by atoms with E-state index in [2.05, 4.69) is 10.3 Å². The summed E-state index contributed by atoms with van der Waals surface area (Å²) < 4.78 is 5.22. The fourth-order valence-electron chi connectivity index (χ4n) is 3.96. The van der Waals surface area contributed by atoms with Gasteiger partial charge in [-0.15, -0.1) is 11.3 Å². The second kappa shape index (κ2) is 8.51. The standard InChI is InChI=1S/C24H25N3O3S/c1-16-20(17-10-12-19(30-3)13-11-17)25-23(31-16)26-22(29)24(2)14-7-15-27(24)21(28)18-8-5-4-6-9-18/h4-6,8-13H,7,14-15H2,1-3H3,(H,25,26,29). The van der Waals surface area contributed by atoms with Crippen LogP contribution in [0.2, 0.25) is 0 Å². The summed E-state index contributed by atoms with van der Waals surface area (Å²) in [5.74, 6) is 0.455. The van der Waals surface area contributed by atoms with Crippen LogP contribution in [-0.4, -0.2) is 40.9 Å². The van der Waals surface area contributed by atoms with E-state index in [1.807, 2.05) is 56.3 Å². The number of carbonyl (C=O) groups is 2. The molecule has 1 saturated heterocycles. The van der Waals surface area contributed by atoms with Crippen LogP contribution in [0.25, 0.3) is 11.3 Å². The van der Waals surface area contributed by atoms with E-state index in [1.165, 1.54) is 11.3 Å². The van der Waals surface area contributed by atoms with Gasteiger partial charge in [0.1, 0.15) is 11.3 Å². The van der Waals surface area contributed by atoms with Gasteiger partial charge in [0.25, 0.3) is 11.8 Å². The van der Waals surface area contributed by atoms with Crippen LogP contribution in [0.1, 0.15) is 35.0 Å². The molecule has 0 bridgehead atoms. The SMILES string of the molecule is COc1ccc(-c2nc(NC(=O)C3(C)CCCN3C(=O)c3ccccc3)sc2C)cc1. The van der Waals surface area contributed by atoms with Gasteiger partial charge in [0, 0.05) is 22.5 Å². The van der Waals surface area contributed by atoms with Crippen LogP contribution in [0.4, 0.5) is 5.13 Å². The zero-order valence-corrected chi connectivity index (χ0v) is 18.7. The third-order valence-corrected chi connectivity index (χ3v) is 6.66. The van der Waals surface area contributed by atoms with Crippen molar-refractivity contribution in [2.45, 2.75) is 32.2 Å². The topological polar surface area (TPSA) is 71.5 Å². The molecule has 31 heavy (non-hydrogen) atoms. The minimum absolute atomic E-state index is 0.120. The lowest BCUT2D eigenvalue weighted by Crippen LogP contribution is -2.53. The number of methoxy groups -OCH3 is 1. The summed E-state index contributed by atoms with van der Waals surface area (Å²) in [6.45, 7) is 4.38. The predicted octanol–water partition coefficient (Wildman–Crippen LogP) is 4.76. The fourth-order valence-corrected chi connectivity index (χ4v) is 4.79. The van der Waals surface area contributed by atoms with E-state index >= 15 is 0 Å². The van der Waals surface area contributed by atoms with E-state index in [0.29, 0.717) is 23.7 Å². The van der Waals surface area contributed by atoms with Crippen molar-refractivity contribution < 1.29 is 14.3 Å². The number of rotatable bonds is 5. The van der Waals surface area contributed by atoms with Crippen molar-refractivity contribution in [3.05, 3.63) is 65.0 Å². The number of aromatic nitrogens is 1. The Hall–Kier alpha value is -3.19. The molecule has 1 atom stereocenters. The van der Waals surface area contributed by atoms with E-state index in [9.17, 15) is 9.59 Å². The number of hydrogen-bond acceptors (Lipinski definition) is 5. The van der Waals surface area contributed by atoms with Crippen LogP contribution in [-0.2, 0) is 4.79 Å². The van der Waals surface area contributed by atoms with Crippen LogP contribution in [0.15, 0.2) is 54.6 Å². The Balaban J connectivity index is 1.54. The number of carbonyl (C=O) groups excluding carboxylic acids is 2. The van der Waals surface area contributed by atoms with Crippen LogP contribution < -0.4 is 10.1 Å². The molecule has 3 aromatic rings. The van der Waals surface area contributed by atoms with Gasteiger partial charge in [0.15, 0.2) is 5.13 Å². The smallest absolute Gasteiger partial charge is 0.254 e. The number of nitrogens with zero attached hydrogens (tertiary/aromatic N) is 2. The first-order valence-electron chi connectivity index (χ1n) is 10.2. The molecule has 1 unspecified atom stereocenters. The van der Waals surface area contributed by atoms with Crippen molar-refractivity contribution in [1.82, 2.24) is 9.88 Å². The Morgan fingerprint density at radius 2 is 1.84 bits per heavy atom. The summed E-state index contributed by atoms with van der Waals surface area (Å²) in [6, 6.07) is 16.8. The average Bonchev–Trinajstić information content (AvgIpc) is 3.37. The molecule has 6 nitrogen and oxygen atoms in total. The number of ether oxygens (including phenoxy) is 1. The maximum absolute atomic E-state index is 13.3. The summed E-state index contributed by atoms with van der Waals surface area (Å²) in [5.41, 5.74) is 1.47. The molecule has 2 heterocycles. The highest BCUT2D eigenvalue weighted by molar-refractivity contribution is 7.16. The van der Waals surface area contributed by atoms with Crippen molar-refractivity contribution in [2.24, 2.45) is 0 Å². The van der Waals surface area contributed by atoms with Crippen molar-refractivity contribution >= 4 is 28.3 Å². The number of anilines is 1. The molecule has 2 aromatic carbocycles. The first kappa shape index (κ1) is 21.1. The van der Waals surface area contributed by atoms with Crippen LogP contribution >= 0.6 is 11.3 Å². The van der Waals surface area contributed by atoms with Gasteiger partial charge in [-0.1, -0.05) is 18.2 Å². The van der Waals surface area contributed by atoms with Gasteiger partial charge in [0.05, 0.1) is 12.8 Å². The zero-order valence-electron chi connectivity index (χ0n) is 17.8. The second-order valence-corrected chi connectivity index (χ2v) is 9.01. The lowest BCUT2D eigenvalue weighted by molar-refractivity contribution is -0.124. The molecule has 4 rings (SSSR count). The molecule has 2 amide bonds. The highest BCUT2D eigenvalue weighted by Gasteiger charge is 2.46. The van der Waals surface area contributed by atoms with Gasteiger partial charge in [-0.25, -0.2) is 4.98 Å². The summed E-state index contributed by atoms with van der Waals surface area (Å²) in [7, 11) is 1.63. The third-order valence-electron chi connectivity index (χ3n) is 5.78. The molecular weight excluding hydrogens is 410 g/mol. The van der Waals surface area contributed by atoms with Crippen molar-refractivity contribution in [3.8, 4) is 17.0 Å². The molecule has 0 aliphatic carbocycles. The highest BCUT2D eigenvalue weighted by atomic mass is 32.1. The van der Waals surface area contributed by atoms with E-state index in [0.717, 1.165) is 28.3 Å². The summed E-state index contributed by atoms with van der Waals surface area (Å²) >= 11 is 1.43. The predicted molar refractivity (Wildman–Crippen MR) is 123 cm³/mol. The molecule has 1 aromatic heterocycles. The first-order chi connectivity index (χ1) is 14.9. The van der Waals surface area contributed by atoms with Gasteiger partial charge in [-0.3, -0.25) is 14.9 Å². The third kappa shape index (κ3) is 4.05. The van der Waals surface area contributed by atoms with Crippen LogP contribution in [0, 0.1) is 6.92 Å². The molecule has 0 radical (unpaired) electrons. The average molecular weight is 436 g/mol. The van der Waals surface area contributed by atoms with E-state index in [1.54, 1.807) is 24.1 Å². The molecular formula is C24H25N3O3S. The van der Waals surface area contributed by atoms with Gasteiger partial charge in [-0.05, 0) is 63.1 Å². The quantitative estimate of drug-likeness (QED) is 0.627. The number of aryl methyl sites for hydroxylation is 1. The number of benzene rings is 2. The number of nitrogens with one attached hydrogen (secondary N) is 1. The Morgan fingerprint density at radius 3 is 2.52 bits per heavy atom. The second-order valence-electron chi connectivity index (χ2n) is 7.81. The summed E-state index contributed by atoms with van der Waals surface area (Å²) in [4.78, 5) is 33.6. The Bertz CT molecular complexity index is 1100. The van der Waals surface area contributed by atoms with Crippen molar-refractivity contribution in [2.75, 3.05) is 19.0 Å². The number of thiazole rings is 1. The molecule has 1 fully saturated rings. The molecule has 1 N–H and O–H groups in total. The molecule has 1 aliphatic rings. The highest BCUT2D eigenvalue weighted by Crippen LogP contribution is 2.35. The lowest BCUT2D eigenvalue weighted by Gasteiger charge is -2.33. The van der Waals surface area contributed by atoms with E-state index < -0.39 is 5.54 Å². The Kier molecular flexibility index (Phi) is 5.78. The molecule has 0 spiro atoms. The molecule has 7 heteroatoms.